The number of rotatable bonds is 6. The summed E-state index contributed by atoms with van der Waals surface area (Å²) in [5, 5.41) is 3.04. The Morgan fingerprint density at radius 2 is 1.75 bits per heavy atom. The molecule has 8 heteroatoms. The van der Waals surface area contributed by atoms with Crippen molar-refractivity contribution in [2.75, 3.05) is 23.7 Å². The maximum atomic E-state index is 11.8. The van der Waals surface area contributed by atoms with Gasteiger partial charge >= 0.3 is 0 Å². The zero-order chi connectivity index (χ0) is 15.6. The fourth-order valence-corrected chi connectivity index (χ4v) is 3.58. The van der Waals surface area contributed by atoms with Crippen molar-refractivity contribution >= 4 is 37.0 Å². The summed E-state index contributed by atoms with van der Waals surface area (Å²) in [6, 6.07) is 4.02. The van der Waals surface area contributed by atoms with Gasteiger partial charge < -0.3 is 5.32 Å². The molecule has 1 aromatic rings. The molecule has 0 saturated carbocycles. The van der Waals surface area contributed by atoms with Gasteiger partial charge in [0, 0.05) is 24.4 Å². The Morgan fingerprint density at radius 3 is 2.20 bits per heavy atom. The second-order valence-electron chi connectivity index (χ2n) is 4.73. The number of hydrogen-bond acceptors (Lipinski definition) is 5. The van der Waals surface area contributed by atoms with Gasteiger partial charge in [0.15, 0.2) is 19.7 Å². The first kappa shape index (κ1) is 17.3. The maximum absolute atomic E-state index is 11.8. The number of hydrogen-bond donors (Lipinski definition) is 1. The highest BCUT2D eigenvalue weighted by Crippen LogP contribution is 2.26. The quantitative estimate of drug-likeness (QED) is 0.801. The Labute approximate surface area is 125 Å². The molecule has 0 aliphatic heterocycles. The van der Waals surface area contributed by atoms with Gasteiger partial charge in [-0.25, -0.2) is 16.8 Å². The fourth-order valence-electron chi connectivity index (χ4n) is 1.66. The Hall–Kier alpha value is -0.790. The lowest BCUT2D eigenvalue weighted by molar-refractivity contribution is 0.600. The van der Waals surface area contributed by atoms with Crippen LogP contribution in [0, 0.1) is 0 Å². The van der Waals surface area contributed by atoms with E-state index >= 15 is 0 Å². The lowest BCUT2D eigenvalue weighted by atomic mass is 10.2. The first-order valence-electron chi connectivity index (χ1n) is 5.92. The minimum Gasteiger partial charge on any atom is -0.381 e. The van der Waals surface area contributed by atoms with Crippen LogP contribution in [-0.2, 0) is 19.7 Å². The van der Waals surface area contributed by atoms with E-state index in [1.807, 2.05) is 6.92 Å². The Balaban J connectivity index is 3.33. The van der Waals surface area contributed by atoms with E-state index in [-0.39, 0.29) is 15.8 Å². The highest BCUT2D eigenvalue weighted by molar-refractivity contribution is 7.91. The largest absolute Gasteiger partial charge is 0.381 e. The van der Waals surface area contributed by atoms with Crippen LogP contribution in [0.4, 0.5) is 5.69 Å². The van der Waals surface area contributed by atoms with Crippen LogP contribution in [0.3, 0.4) is 0 Å². The van der Waals surface area contributed by atoms with Gasteiger partial charge in [0.05, 0.1) is 15.5 Å². The van der Waals surface area contributed by atoms with Crippen LogP contribution < -0.4 is 5.32 Å². The second kappa shape index (κ2) is 6.32. The van der Waals surface area contributed by atoms with Crippen molar-refractivity contribution in [2.45, 2.75) is 29.2 Å². The molecule has 0 heterocycles. The third-order valence-corrected chi connectivity index (χ3v) is 5.19. The molecular formula is C12H18ClNO4S2. The molecule has 1 unspecified atom stereocenters. The lowest BCUT2D eigenvalue weighted by Crippen LogP contribution is -2.18. The average molecular weight is 340 g/mol. The van der Waals surface area contributed by atoms with Gasteiger partial charge in [-0.2, -0.15) is 0 Å². The minimum absolute atomic E-state index is 0.0166. The monoisotopic (exact) mass is 339 g/mol. The van der Waals surface area contributed by atoms with E-state index in [0.29, 0.717) is 18.0 Å². The maximum Gasteiger partial charge on any atom is 0.177 e. The summed E-state index contributed by atoms with van der Waals surface area (Å²) in [5.41, 5.74) is 0.387. The summed E-state index contributed by atoms with van der Waals surface area (Å²) in [5.74, 6) is 0.448. The highest BCUT2D eigenvalue weighted by Gasteiger charge is 2.18. The summed E-state index contributed by atoms with van der Waals surface area (Å²) in [6.07, 6.45) is 2.75. The Bertz CT molecular complexity index is 683. The third-order valence-electron chi connectivity index (χ3n) is 2.72. The molecule has 5 nitrogen and oxygen atoms in total. The van der Waals surface area contributed by atoms with Crippen molar-refractivity contribution in [3.8, 4) is 0 Å². The summed E-state index contributed by atoms with van der Waals surface area (Å²) >= 11 is 5.64. The molecule has 0 aromatic heterocycles. The van der Waals surface area contributed by atoms with E-state index in [0.717, 1.165) is 12.5 Å². The van der Waals surface area contributed by atoms with Crippen LogP contribution in [0.15, 0.2) is 28.0 Å². The highest BCUT2D eigenvalue weighted by atomic mass is 35.5. The molecule has 0 spiro atoms. The Kier molecular flexibility index (Phi) is 5.46. The number of sulfone groups is 2. The number of anilines is 1. The van der Waals surface area contributed by atoms with Gasteiger partial charge in [0.25, 0.3) is 0 Å². The second-order valence-corrected chi connectivity index (χ2v) is 9.10. The summed E-state index contributed by atoms with van der Waals surface area (Å²) in [4.78, 5) is -0.0460. The molecule has 0 aliphatic carbocycles. The first-order valence-corrected chi connectivity index (χ1v) is 10.2. The molecule has 1 atom stereocenters. The van der Waals surface area contributed by atoms with E-state index < -0.39 is 19.7 Å². The van der Waals surface area contributed by atoms with E-state index in [1.54, 1.807) is 0 Å². The predicted octanol–water partition coefficient (Wildman–Crippen LogP) is 1.92. The van der Waals surface area contributed by atoms with Crippen molar-refractivity contribution in [3.63, 3.8) is 0 Å². The topological polar surface area (TPSA) is 80.3 Å². The molecule has 0 bridgehead atoms. The zero-order valence-corrected chi connectivity index (χ0v) is 13.9. The normalized spacial score (nSPS) is 14.0. The molecule has 0 amide bonds. The Morgan fingerprint density at radius 1 is 1.15 bits per heavy atom. The number of alkyl halides is 1. The van der Waals surface area contributed by atoms with E-state index in [4.69, 9.17) is 11.6 Å². The third kappa shape index (κ3) is 4.64. The van der Waals surface area contributed by atoms with Crippen molar-refractivity contribution < 1.29 is 16.8 Å². The van der Waals surface area contributed by atoms with Crippen LogP contribution in [0.1, 0.15) is 13.3 Å². The van der Waals surface area contributed by atoms with Gasteiger partial charge in [0.2, 0.25) is 0 Å². The summed E-state index contributed by atoms with van der Waals surface area (Å²) < 4.78 is 46.7. The van der Waals surface area contributed by atoms with Crippen molar-refractivity contribution in [1.29, 1.82) is 0 Å². The van der Waals surface area contributed by atoms with Gasteiger partial charge in [-0.15, -0.1) is 11.6 Å². The zero-order valence-electron chi connectivity index (χ0n) is 11.6. The van der Waals surface area contributed by atoms with E-state index in [1.165, 1.54) is 18.2 Å². The van der Waals surface area contributed by atoms with Gasteiger partial charge in [-0.1, -0.05) is 0 Å². The lowest BCUT2D eigenvalue weighted by Gasteiger charge is -2.17. The standard InChI is InChI=1S/C12H18ClNO4S2/c1-9(6-7-13)14-11-5-4-10(19(2,15)16)8-12(11)20(3,17)18/h4-5,8-9,14H,6-7H2,1-3H3. The summed E-state index contributed by atoms with van der Waals surface area (Å²) in [7, 11) is -6.99. The predicted molar refractivity (Wildman–Crippen MR) is 81.1 cm³/mol. The molecular weight excluding hydrogens is 322 g/mol. The number of nitrogens with one attached hydrogen (secondary N) is 1. The average Bonchev–Trinajstić information content (AvgIpc) is 2.26. The molecule has 0 fully saturated rings. The molecule has 114 valence electrons. The molecule has 0 saturated heterocycles. The molecule has 1 aromatic carbocycles. The van der Waals surface area contributed by atoms with Crippen LogP contribution in [0.5, 0.6) is 0 Å². The number of halogens is 1. The smallest absolute Gasteiger partial charge is 0.177 e. The molecule has 0 radical (unpaired) electrons. The summed E-state index contributed by atoms with van der Waals surface area (Å²) in [6.45, 7) is 1.87. The molecule has 1 N–H and O–H groups in total. The fraction of sp³-hybridized carbons (Fsp3) is 0.500. The molecule has 1 rings (SSSR count). The van der Waals surface area contributed by atoms with E-state index in [2.05, 4.69) is 5.32 Å². The van der Waals surface area contributed by atoms with Crippen molar-refractivity contribution in [1.82, 2.24) is 0 Å². The minimum atomic E-state index is -3.54. The van der Waals surface area contributed by atoms with Crippen molar-refractivity contribution in [3.05, 3.63) is 18.2 Å². The van der Waals surface area contributed by atoms with Gasteiger partial charge in [-0.05, 0) is 31.5 Å². The van der Waals surface area contributed by atoms with Crippen LogP contribution in [-0.4, -0.2) is 41.3 Å². The number of benzene rings is 1. The molecule has 0 aliphatic rings. The van der Waals surface area contributed by atoms with Crippen molar-refractivity contribution in [2.24, 2.45) is 0 Å². The van der Waals surface area contributed by atoms with Gasteiger partial charge in [-0.3, -0.25) is 0 Å². The van der Waals surface area contributed by atoms with Crippen LogP contribution in [0.2, 0.25) is 0 Å². The molecule has 20 heavy (non-hydrogen) atoms. The van der Waals surface area contributed by atoms with Crippen LogP contribution >= 0.6 is 11.6 Å². The van der Waals surface area contributed by atoms with E-state index in [9.17, 15) is 16.8 Å². The first-order chi connectivity index (χ1) is 9.05. The SMILES string of the molecule is CC(CCCl)Nc1ccc(S(C)(=O)=O)cc1S(C)(=O)=O. The van der Waals surface area contributed by atoms with Gasteiger partial charge in [0.1, 0.15) is 0 Å². The van der Waals surface area contributed by atoms with Crippen LogP contribution in [0.25, 0.3) is 0 Å².